The summed E-state index contributed by atoms with van der Waals surface area (Å²) in [6.45, 7) is 7.57. The Kier molecular flexibility index (Phi) is 11.6. The van der Waals surface area contributed by atoms with Crippen molar-refractivity contribution in [3.63, 3.8) is 0 Å². The predicted octanol–water partition coefficient (Wildman–Crippen LogP) is 2.64. The first-order chi connectivity index (χ1) is 21.5. The van der Waals surface area contributed by atoms with Crippen molar-refractivity contribution in [3.8, 4) is 5.75 Å². The van der Waals surface area contributed by atoms with E-state index in [2.05, 4.69) is 31.2 Å². The van der Waals surface area contributed by atoms with Gasteiger partial charge in [0.05, 0.1) is 22.5 Å². The Morgan fingerprint density at radius 2 is 1.76 bits per heavy atom. The molecule has 4 N–H and O–H groups in total. The van der Waals surface area contributed by atoms with Gasteiger partial charge >= 0.3 is 0 Å². The highest BCUT2D eigenvalue weighted by molar-refractivity contribution is 7.20. The van der Waals surface area contributed by atoms with Crippen LogP contribution in [0.25, 0.3) is 10.2 Å². The van der Waals surface area contributed by atoms with Crippen molar-refractivity contribution < 1.29 is 28.7 Å². The van der Waals surface area contributed by atoms with Gasteiger partial charge in [-0.1, -0.05) is 39.8 Å². The average Bonchev–Trinajstić information content (AvgIpc) is 3.63. The highest BCUT2D eigenvalue weighted by atomic mass is 32.1. The summed E-state index contributed by atoms with van der Waals surface area (Å²) >= 11 is 1.23. The van der Waals surface area contributed by atoms with Crippen LogP contribution in [-0.4, -0.2) is 70.7 Å². The Bertz CT molecular complexity index is 1480. The third-order valence-corrected chi connectivity index (χ3v) is 8.48. The third-order valence-electron chi connectivity index (χ3n) is 7.43. The molecule has 12 nitrogen and oxygen atoms in total. The summed E-state index contributed by atoms with van der Waals surface area (Å²) < 4.78 is 6.28. The number of Topliss-reactive ketones (excluding diaryl/α,β-unsaturated/α-hetero) is 1. The second kappa shape index (κ2) is 15.6. The predicted molar refractivity (Wildman–Crippen MR) is 170 cm³/mol. The van der Waals surface area contributed by atoms with Gasteiger partial charge in [0, 0.05) is 18.7 Å². The van der Waals surface area contributed by atoms with Gasteiger partial charge in [0.15, 0.2) is 11.6 Å². The van der Waals surface area contributed by atoms with Crippen LogP contribution < -0.4 is 26.0 Å². The lowest BCUT2D eigenvalue weighted by Gasteiger charge is -2.27. The number of pyridine rings is 1. The molecule has 1 aromatic carbocycles. The molecule has 1 fully saturated rings. The Labute approximate surface area is 266 Å². The number of rotatable bonds is 15. The van der Waals surface area contributed by atoms with Gasteiger partial charge < -0.3 is 26.0 Å². The number of amides is 4. The second-order valence-electron chi connectivity index (χ2n) is 11.9. The van der Waals surface area contributed by atoms with Crippen molar-refractivity contribution in [2.24, 2.45) is 17.8 Å². The molecule has 1 saturated heterocycles. The fraction of sp³-hybridized carbons (Fsp3) is 0.469. The van der Waals surface area contributed by atoms with Gasteiger partial charge in [-0.2, -0.15) is 0 Å². The molecule has 3 heterocycles. The van der Waals surface area contributed by atoms with Crippen LogP contribution in [0, 0.1) is 17.8 Å². The lowest BCUT2D eigenvalue weighted by Crippen LogP contribution is -2.57. The van der Waals surface area contributed by atoms with Crippen LogP contribution in [0.2, 0.25) is 0 Å². The van der Waals surface area contributed by atoms with Crippen molar-refractivity contribution in [2.45, 2.75) is 65.1 Å². The summed E-state index contributed by atoms with van der Waals surface area (Å²) in [5.74, 6) is -2.47. The number of thiazole rings is 1. The molecule has 0 radical (unpaired) electrons. The molecule has 0 bridgehead atoms. The van der Waals surface area contributed by atoms with Crippen molar-refractivity contribution in [1.82, 2.24) is 31.2 Å². The fourth-order valence-corrected chi connectivity index (χ4v) is 6.04. The highest BCUT2D eigenvalue weighted by Gasteiger charge is 2.35. The fourth-order valence-electron chi connectivity index (χ4n) is 5.08. The normalized spacial score (nSPS) is 16.6. The van der Waals surface area contributed by atoms with E-state index in [9.17, 15) is 24.0 Å². The van der Waals surface area contributed by atoms with E-state index in [-0.39, 0.29) is 48.0 Å². The number of hydrogen-bond acceptors (Lipinski definition) is 9. The SMILES string of the molecule is CC(C)C[C@H](NC(=O)[C@@H](NC(=O)COc1cccnc1)C(C)C)C(=O)N[C@@H](C[C@@H]1CCNC1=O)C(=O)c1nc2ccccc2s1. The topological polar surface area (TPSA) is 168 Å². The van der Waals surface area contributed by atoms with E-state index >= 15 is 0 Å². The largest absolute Gasteiger partial charge is 0.482 e. The van der Waals surface area contributed by atoms with Crippen molar-refractivity contribution in [2.75, 3.05) is 13.2 Å². The first-order valence-corrected chi connectivity index (χ1v) is 15.9. The van der Waals surface area contributed by atoms with Crippen LogP contribution in [0.5, 0.6) is 5.75 Å². The summed E-state index contributed by atoms with van der Waals surface area (Å²) in [4.78, 5) is 74.5. The van der Waals surface area contributed by atoms with Crippen LogP contribution in [0.15, 0.2) is 48.8 Å². The summed E-state index contributed by atoms with van der Waals surface area (Å²) in [6, 6.07) is 7.74. The first-order valence-electron chi connectivity index (χ1n) is 15.1. The van der Waals surface area contributed by atoms with Crippen LogP contribution in [0.4, 0.5) is 0 Å². The molecule has 4 atom stereocenters. The van der Waals surface area contributed by atoms with E-state index in [1.165, 1.54) is 17.5 Å². The molecule has 1 aliphatic heterocycles. The van der Waals surface area contributed by atoms with E-state index in [0.717, 1.165) is 4.70 Å². The van der Waals surface area contributed by atoms with Crippen LogP contribution in [-0.2, 0) is 19.2 Å². The molecule has 4 amide bonds. The maximum Gasteiger partial charge on any atom is 0.258 e. The number of hydrogen-bond donors (Lipinski definition) is 4. The Morgan fingerprint density at radius 3 is 2.40 bits per heavy atom. The minimum atomic E-state index is -1.02. The van der Waals surface area contributed by atoms with Crippen LogP contribution >= 0.6 is 11.3 Å². The zero-order chi connectivity index (χ0) is 32.5. The van der Waals surface area contributed by atoms with Gasteiger partial charge in [-0.05, 0) is 55.4 Å². The summed E-state index contributed by atoms with van der Waals surface area (Å²) in [7, 11) is 0. The van der Waals surface area contributed by atoms with Crippen molar-refractivity contribution in [1.29, 1.82) is 0 Å². The quantitative estimate of drug-likeness (QED) is 0.185. The summed E-state index contributed by atoms with van der Waals surface area (Å²) in [5, 5.41) is 11.3. The third kappa shape index (κ3) is 9.30. The van der Waals surface area contributed by atoms with Gasteiger partial charge in [-0.3, -0.25) is 29.0 Å². The molecule has 240 valence electrons. The van der Waals surface area contributed by atoms with E-state index in [1.54, 1.807) is 32.2 Å². The zero-order valence-electron chi connectivity index (χ0n) is 25.9. The van der Waals surface area contributed by atoms with E-state index < -0.39 is 41.8 Å². The zero-order valence-corrected chi connectivity index (χ0v) is 26.7. The number of nitrogens with zero attached hydrogens (tertiary/aromatic N) is 2. The number of nitrogens with one attached hydrogen (secondary N) is 4. The molecule has 0 unspecified atom stereocenters. The van der Waals surface area contributed by atoms with Gasteiger partial charge in [0.1, 0.15) is 17.8 Å². The van der Waals surface area contributed by atoms with Crippen LogP contribution in [0.1, 0.15) is 56.8 Å². The lowest BCUT2D eigenvalue weighted by molar-refractivity contribution is -0.134. The molecule has 0 saturated carbocycles. The molecule has 45 heavy (non-hydrogen) atoms. The Hall–Kier alpha value is -4.39. The van der Waals surface area contributed by atoms with E-state index in [1.807, 2.05) is 38.1 Å². The minimum Gasteiger partial charge on any atom is -0.482 e. The van der Waals surface area contributed by atoms with Gasteiger partial charge in [-0.25, -0.2) is 4.98 Å². The van der Waals surface area contributed by atoms with E-state index in [0.29, 0.717) is 24.2 Å². The average molecular weight is 637 g/mol. The molecule has 2 aromatic heterocycles. The van der Waals surface area contributed by atoms with Gasteiger partial charge in [0.2, 0.25) is 23.5 Å². The van der Waals surface area contributed by atoms with Crippen LogP contribution in [0.3, 0.4) is 0 Å². The number of carbonyl (C=O) groups excluding carboxylic acids is 5. The molecule has 0 spiro atoms. The number of para-hydroxylation sites is 1. The van der Waals surface area contributed by atoms with Gasteiger partial charge in [0.25, 0.3) is 5.91 Å². The molecule has 3 aromatic rings. The number of ketones is 1. The Morgan fingerprint density at radius 1 is 1.00 bits per heavy atom. The van der Waals surface area contributed by atoms with Crippen molar-refractivity contribution in [3.05, 3.63) is 53.8 Å². The molecule has 13 heteroatoms. The first kappa shape index (κ1) is 33.5. The minimum absolute atomic E-state index is 0.0139. The standard InChI is InChI=1S/C32H40N6O6S/c1-18(2)14-24(36-31(43)27(19(3)4)38-26(39)17-44-21-8-7-12-33-16-21)30(42)35-23(15-20-11-13-34-29(20)41)28(40)32-37-22-9-5-6-10-25(22)45-32/h5-10,12,16,18-20,23-24,27H,11,13-15,17H2,1-4H3,(H,34,41)(H,35,42)(H,36,43)(H,38,39)/t20-,23-,24-,27-/m0/s1. The maximum absolute atomic E-state index is 13.8. The number of carbonyl (C=O) groups is 5. The molecule has 0 aliphatic carbocycles. The van der Waals surface area contributed by atoms with E-state index in [4.69, 9.17) is 4.74 Å². The maximum atomic E-state index is 13.8. The van der Waals surface area contributed by atoms with Gasteiger partial charge in [-0.15, -0.1) is 11.3 Å². The highest BCUT2D eigenvalue weighted by Crippen LogP contribution is 2.25. The van der Waals surface area contributed by atoms with Crippen molar-refractivity contribution >= 4 is 51.0 Å². The smallest absolute Gasteiger partial charge is 0.258 e. The monoisotopic (exact) mass is 636 g/mol. The lowest BCUT2D eigenvalue weighted by atomic mass is 9.94. The number of ether oxygens (including phenoxy) is 1. The molecule has 1 aliphatic rings. The number of aromatic nitrogens is 2. The second-order valence-corrected chi connectivity index (χ2v) is 12.9. The molecule has 4 rings (SSSR count). The summed E-state index contributed by atoms with van der Waals surface area (Å²) in [5.41, 5.74) is 0.673. The number of benzene rings is 1. The molecular formula is C32H40N6O6S. The Balaban J connectivity index is 1.48. The molecular weight excluding hydrogens is 596 g/mol. The number of fused-ring (bicyclic) bond motifs is 1. The summed E-state index contributed by atoms with van der Waals surface area (Å²) in [6.07, 6.45) is 4.00.